The summed E-state index contributed by atoms with van der Waals surface area (Å²) in [5.74, 6) is -2.09. The second kappa shape index (κ2) is 18.5. The predicted octanol–water partition coefficient (Wildman–Crippen LogP) is 8.99. The van der Waals surface area contributed by atoms with Gasteiger partial charge in [-0.3, -0.25) is 0 Å². The van der Waals surface area contributed by atoms with Crippen LogP contribution < -0.4 is 14.2 Å². The second-order valence-corrected chi connectivity index (χ2v) is 10.9. The Balaban J connectivity index is 1.43. The van der Waals surface area contributed by atoms with Crippen molar-refractivity contribution in [1.29, 1.82) is 0 Å². The van der Waals surface area contributed by atoms with Crippen LogP contribution in [0.1, 0.15) is 110 Å². The first-order chi connectivity index (χ1) is 21.3. The lowest BCUT2D eigenvalue weighted by atomic mass is 10.1. The first kappa shape index (κ1) is 34.3. The van der Waals surface area contributed by atoms with Crippen LogP contribution in [0.25, 0.3) is 0 Å². The summed E-state index contributed by atoms with van der Waals surface area (Å²) in [4.78, 5) is 37.3. The molecule has 0 radical (unpaired) electrons. The summed E-state index contributed by atoms with van der Waals surface area (Å²) in [6.07, 6.45) is 10.7. The zero-order valence-electron chi connectivity index (χ0n) is 25.9. The second-order valence-electron chi connectivity index (χ2n) is 10.9. The molecule has 3 rings (SSSR count). The molecule has 3 aromatic carbocycles. The van der Waals surface area contributed by atoms with Gasteiger partial charge in [-0.15, -0.1) is 0 Å². The number of carbonyl (C=O) groups excluding carboxylic acids is 3. The highest BCUT2D eigenvalue weighted by atomic mass is 19.1. The van der Waals surface area contributed by atoms with Crippen molar-refractivity contribution < 1.29 is 37.7 Å². The number of hydrogen-bond donors (Lipinski definition) is 0. The summed E-state index contributed by atoms with van der Waals surface area (Å²) in [5, 5.41) is 0. The summed E-state index contributed by atoms with van der Waals surface area (Å²) in [6, 6.07) is 16.0. The van der Waals surface area contributed by atoms with Gasteiger partial charge >= 0.3 is 17.9 Å². The number of halogens is 1. The summed E-state index contributed by atoms with van der Waals surface area (Å²) in [7, 11) is 0. The number of rotatable bonds is 18. The molecule has 236 valence electrons. The fraction of sp³-hybridized carbons (Fsp3) is 0.417. The van der Waals surface area contributed by atoms with E-state index in [1.807, 2.05) is 13.8 Å². The van der Waals surface area contributed by atoms with Crippen molar-refractivity contribution in [3.63, 3.8) is 0 Å². The maximum Gasteiger partial charge on any atom is 0.343 e. The van der Waals surface area contributed by atoms with Crippen LogP contribution in [0.15, 0.2) is 66.7 Å². The van der Waals surface area contributed by atoms with Crippen molar-refractivity contribution in [3.8, 4) is 17.2 Å². The third-order valence-electron chi connectivity index (χ3n) is 7.22. The minimum atomic E-state index is -0.869. The van der Waals surface area contributed by atoms with Gasteiger partial charge in [-0.2, -0.15) is 0 Å². The number of ether oxygens (including phenoxy) is 4. The van der Waals surface area contributed by atoms with Gasteiger partial charge in [-0.1, -0.05) is 72.1 Å². The Bertz CT molecular complexity index is 1340. The normalized spacial score (nSPS) is 11.5. The predicted molar refractivity (Wildman–Crippen MR) is 167 cm³/mol. The van der Waals surface area contributed by atoms with Crippen LogP contribution in [-0.4, -0.2) is 31.1 Å². The van der Waals surface area contributed by atoms with Crippen molar-refractivity contribution in [2.45, 2.75) is 78.6 Å². The van der Waals surface area contributed by atoms with Gasteiger partial charge < -0.3 is 18.9 Å². The molecule has 0 amide bonds. The third-order valence-corrected chi connectivity index (χ3v) is 7.22. The van der Waals surface area contributed by atoms with Gasteiger partial charge in [-0.05, 0) is 79.1 Å². The molecule has 0 N–H and O–H groups in total. The summed E-state index contributed by atoms with van der Waals surface area (Å²) in [5.41, 5.74) is 0.507. The third kappa shape index (κ3) is 11.5. The molecule has 0 bridgehead atoms. The van der Waals surface area contributed by atoms with E-state index >= 15 is 0 Å². The van der Waals surface area contributed by atoms with Gasteiger partial charge in [0.25, 0.3) is 0 Å². The zero-order valence-corrected chi connectivity index (χ0v) is 25.9. The van der Waals surface area contributed by atoms with Crippen molar-refractivity contribution in [1.82, 2.24) is 0 Å². The molecule has 0 saturated carbocycles. The van der Waals surface area contributed by atoms with E-state index in [2.05, 4.69) is 6.92 Å². The minimum absolute atomic E-state index is 0.0257. The molecule has 0 aliphatic rings. The Labute approximate surface area is 259 Å². The summed E-state index contributed by atoms with van der Waals surface area (Å²) in [6.45, 7) is 7.02. The Morgan fingerprint density at radius 2 is 1.20 bits per heavy atom. The molecular weight excluding hydrogens is 563 g/mol. The SMILES string of the molecule is CCCCCCCCCCOc1ccc(C(=O)Oc2ccc(C(=O)Oc3ccc(C(=O)OC[C@@H](C)CC)cc3F)cc2)cc1. The molecule has 44 heavy (non-hydrogen) atoms. The van der Waals surface area contributed by atoms with Gasteiger partial charge in [0.2, 0.25) is 0 Å². The largest absolute Gasteiger partial charge is 0.494 e. The van der Waals surface area contributed by atoms with E-state index in [-0.39, 0.29) is 35.2 Å². The van der Waals surface area contributed by atoms with E-state index in [1.54, 1.807) is 24.3 Å². The lowest BCUT2D eigenvalue weighted by Gasteiger charge is -2.11. The Morgan fingerprint density at radius 1 is 0.659 bits per heavy atom. The van der Waals surface area contributed by atoms with E-state index in [1.165, 1.54) is 74.9 Å². The standard InChI is InChI=1S/C36H43FO7/c1-4-6-7-8-9-10-11-12-23-41-30-18-13-27(14-19-30)35(39)43-31-20-15-28(16-21-31)36(40)44-33-22-17-29(24-32(33)37)34(38)42-25-26(3)5-2/h13-22,24,26H,4-12,23,25H2,1-3H3/t26-/m0/s1. The van der Waals surface area contributed by atoms with Crippen LogP contribution >= 0.6 is 0 Å². The fourth-order valence-electron chi connectivity index (χ4n) is 4.23. The highest BCUT2D eigenvalue weighted by molar-refractivity contribution is 5.93. The van der Waals surface area contributed by atoms with Crippen molar-refractivity contribution in [2.75, 3.05) is 13.2 Å². The first-order valence-corrected chi connectivity index (χ1v) is 15.5. The molecule has 0 heterocycles. The number of benzene rings is 3. The molecule has 0 unspecified atom stereocenters. The van der Waals surface area contributed by atoms with Gasteiger partial charge in [0.05, 0.1) is 29.9 Å². The van der Waals surface area contributed by atoms with Crippen molar-refractivity contribution in [3.05, 3.63) is 89.2 Å². The van der Waals surface area contributed by atoms with E-state index in [4.69, 9.17) is 18.9 Å². The first-order valence-electron chi connectivity index (χ1n) is 15.5. The molecular formula is C36H43FO7. The van der Waals surface area contributed by atoms with E-state index in [0.29, 0.717) is 17.9 Å². The van der Waals surface area contributed by atoms with E-state index < -0.39 is 23.7 Å². The average molecular weight is 607 g/mol. The molecule has 7 nitrogen and oxygen atoms in total. The quantitative estimate of drug-likeness (QED) is 0.0811. The number of unbranched alkanes of at least 4 members (excludes halogenated alkanes) is 7. The zero-order chi connectivity index (χ0) is 31.7. The Hall–Kier alpha value is -4.20. The molecule has 1 atom stereocenters. The molecule has 3 aromatic rings. The number of hydrogen-bond acceptors (Lipinski definition) is 7. The van der Waals surface area contributed by atoms with E-state index in [9.17, 15) is 18.8 Å². The topological polar surface area (TPSA) is 88.1 Å². The smallest absolute Gasteiger partial charge is 0.343 e. The van der Waals surface area contributed by atoms with Crippen LogP contribution in [-0.2, 0) is 4.74 Å². The average Bonchev–Trinajstić information content (AvgIpc) is 3.04. The molecule has 0 aliphatic carbocycles. The van der Waals surface area contributed by atoms with Gasteiger partial charge in [0, 0.05) is 0 Å². The fourth-order valence-corrected chi connectivity index (χ4v) is 4.23. The lowest BCUT2D eigenvalue weighted by molar-refractivity contribution is 0.0446. The van der Waals surface area contributed by atoms with Gasteiger partial charge in [0.1, 0.15) is 11.5 Å². The van der Waals surface area contributed by atoms with Crippen molar-refractivity contribution in [2.24, 2.45) is 5.92 Å². The molecule has 8 heteroatoms. The Morgan fingerprint density at radius 3 is 1.80 bits per heavy atom. The summed E-state index contributed by atoms with van der Waals surface area (Å²) < 4.78 is 36.1. The highest BCUT2D eigenvalue weighted by Crippen LogP contribution is 2.22. The Kier molecular flexibility index (Phi) is 14.4. The van der Waals surface area contributed by atoms with Crippen LogP contribution in [0.4, 0.5) is 4.39 Å². The maximum absolute atomic E-state index is 14.5. The highest BCUT2D eigenvalue weighted by Gasteiger charge is 2.17. The maximum atomic E-state index is 14.5. The van der Waals surface area contributed by atoms with Crippen LogP contribution in [0.3, 0.4) is 0 Å². The molecule has 0 saturated heterocycles. The van der Waals surface area contributed by atoms with Gasteiger partial charge in [0.15, 0.2) is 11.6 Å². The van der Waals surface area contributed by atoms with Crippen molar-refractivity contribution >= 4 is 17.9 Å². The molecule has 0 aromatic heterocycles. The molecule has 0 fully saturated rings. The van der Waals surface area contributed by atoms with Crippen LogP contribution in [0, 0.1) is 11.7 Å². The van der Waals surface area contributed by atoms with E-state index in [0.717, 1.165) is 25.3 Å². The molecule has 0 spiro atoms. The monoisotopic (exact) mass is 606 g/mol. The number of esters is 3. The van der Waals surface area contributed by atoms with Gasteiger partial charge in [-0.25, -0.2) is 18.8 Å². The van der Waals surface area contributed by atoms with Crippen LogP contribution in [0.2, 0.25) is 0 Å². The minimum Gasteiger partial charge on any atom is -0.494 e. The summed E-state index contributed by atoms with van der Waals surface area (Å²) >= 11 is 0. The molecule has 0 aliphatic heterocycles. The van der Waals surface area contributed by atoms with Crippen LogP contribution in [0.5, 0.6) is 17.2 Å². The number of carbonyl (C=O) groups is 3. The lowest BCUT2D eigenvalue weighted by Crippen LogP contribution is -2.13.